The Morgan fingerprint density at radius 2 is 1.84 bits per heavy atom. The van der Waals surface area contributed by atoms with E-state index in [-0.39, 0.29) is 0 Å². The molecule has 0 atom stereocenters. The molecule has 0 fully saturated rings. The van der Waals surface area contributed by atoms with Gasteiger partial charge in [-0.1, -0.05) is 42.5 Å². The molecule has 1 aliphatic rings. The van der Waals surface area contributed by atoms with Crippen molar-refractivity contribution in [1.29, 1.82) is 0 Å². The van der Waals surface area contributed by atoms with Gasteiger partial charge in [0.2, 0.25) is 0 Å². The molecule has 19 heavy (non-hydrogen) atoms. The van der Waals surface area contributed by atoms with Gasteiger partial charge in [0.05, 0.1) is 0 Å². The summed E-state index contributed by atoms with van der Waals surface area (Å²) in [5, 5.41) is 0. The monoisotopic (exact) mass is 246 g/mol. The van der Waals surface area contributed by atoms with Crippen LogP contribution in [0.15, 0.2) is 54.0 Å². The Morgan fingerprint density at radius 1 is 1.00 bits per heavy atom. The van der Waals surface area contributed by atoms with Crippen molar-refractivity contribution in [3.8, 4) is 5.75 Å². The molecule has 2 aromatic rings. The smallest absolute Gasteiger partial charge is 0.120 e. The van der Waals surface area contributed by atoms with Gasteiger partial charge < -0.3 is 4.74 Å². The molecule has 0 amide bonds. The molecule has 0 saturated carbocycles. The van der Waals surface area contributed by atoms with Gasteiger partial charge >= 0.3 is 0 Å². The molecule has 2 heteroatoms. The van der Waals surface area contributed by atoms with E-state index >= 15 is 0 Å². The van der Waals surface area contributed by atoms with E-state index in [1.165, 1.54) is 16.7 Å². The van der Waals surface area contributed by atoms with Crippen molar-refractivity contribution >= 4 is 13.9 Å². The van der Waals surface area contributed by atoms with Crippen LogP contribution in [0.3, 0.4) is 0 Å². The zero-order chi connectivity index (χ0) is 13.1. The lowest BCUT2D eigenvalue weighted by molar-refractivity contribution is 0.306. The fraction of sp³-hybridized carbons (Fsp3) is 0.176. The molecule has 0 bridgehead atoms. The van der Waals surface area contributed by atoms with Crippen molar-refractivity contribution in [2.24, 2.45) is 0 Å². The summed E-state index contributed by atoms with van der Waals surface area (Å²) in [5.74, 6) is 0.927. The van der Waals surface area contributed by atoms with Gasteiger partial charge in [-0.2, -0.15) is 0 Å². The molecule has 0 saturated heterocycles. The average molecular weight is 246 g/mol. The number of fused-ring (bicyclic) bond motifs is 1. The zero-order valence-corrected chi connectivity index (χ0v) is 10.8. The fourth-order valence-corrected chi connectivity index (χ4v) is 2.32. The standard InChI is InChI=1S/C17H15BO/c18-16-8-6-15-11-17(9-7-14(15)10-16)19-12-13-4-2-1-3-5-13/h1-5,7,9-11H,6,8,12H2. The first-order chi connectivity index (χ1) is 9.31. The normalized spacial score (nSPS) is 13.6. The quantitative estimate of drug-likeness (QED) is 0.750. The number of rotatable bonds is 3. The molecule has 3 rings (SSSR count). The summed E-state index contributed by atoms with van der Waals surface area (Å²) in [7, 11) is 5.85. The minimum Gasteiger partial charge on any atom is -0.489 e. The highest BCUT2D eigenvalue weighted by Crippen LogP contribution is 2.26. The fourth-order valence-electron chi connectivity index (χ4n) is 2.32. The van der Waals surface area contributed by atoms with E-state index < -0.39 is 0 Å². The summed E-state index contributed by atoms with van der Waals surface area (Å²) >= 11 is 0. The highest BCUT2D eigenvalue weighted by Gasteiger charge is 2.08. The molecule has 92 valence electrons. The van der Waals surface area contributed by atoms with Crippen LogP contribution < -0.4 is 4.74 Å². The SMILES string of the molecule is [B]C1=Cc2ccc(OCc3ccccc3)cc2CC1. The highest BCUT2D eigenvalue weighted by molar-refractivity contribution is 6.24. The minimum absolute atomic E-state index is 0.609. The molecular weight excluding hydrogens is 231 g/mol. The first-order valence-electron chi connectivity index (χ1n) is 6.57. The number of benzene rings is 2. The summed E-state index contributed by atoms with van der Waals surface area (Å²) in [6.07, 6.45) is 4.00. The van der Waals surface area contributed by atoms with E-state index in [1.807, 2.05) is 24.3 Å². The summed E-state index contributed by atoms with van der Waals surface area (Å²) < 4.78 is 5.83. The van der Waals surface area contributed by atoms with E-state index in [9.17, 15) is 0 Å². The third kappa shape index (κ3) is 2.90. The summed E-state index contributed by atoms with van der Waals surface area (Å²) in [6.45, 7) is 0.609. The Bertz CT molecular complexity index is 602. The van der Waals surface area contributed by atoms with Gasteiger partial charge in [-0.15, -0.1) is 5.47 Å². The maximum absolute atomic E-state index is 5.85. The first-order valence-corrected chi connectivity index (χ1v) is 6.57. The van der Waals surface area contributed by atoms with Crippen LogP contribution in [-0.2, 0) is 13.0 Å². The lowest BCUT2D eigenvalue weighted by Crippen LogP contribution is -2.01. The number of allylic oxidation sites excluding steroid dienone is 1. The summed E-state index contributed by atoms with van der Waals surface area (Å²) in [5.41, 5.74) is 4.69. The van der Waals surface area contributed by atoms with Gasteiger partial charge in [0.15, 0.2) is 0 Å². The van der Waals surface area contributed by atoms with Crippen molar-refractivity contribution in [2.45, 2.75) is 19.4 Å². The van der Waals surface area contributed by atoms with E-state index in [1.54, 1.807) is 0 Å². The van der Waals surface area contributed by atoms with Crippen LogP contribution >= 0.6 is 0 Å². The average Bonchev–Trinajstić information content (AvgIpc) is 2.46. The molecule has 0 aromatic heterocycles. The van der Waals surface area contributed by atoms with Crippen LogP contribution in [0, 0.1) is 0 Å². The lowest BCUT2D eigenvalue weighted by atomic mass is 9.82. The highest BCUT2D eigenvalue weighted by atomic mass is 16.5. The van der Waals surface area contributed by atoms with E-state index in [4.69, 9.17) is 12.6 Å². The van der Waals surface area contributed by atoms with Gasteiger partial charge in [-0.05, 0) is 41.7 Å². The third-order valence-corrected chi connectivity index (χ3v) is 3.39. The summed E-state index contributed by atoms with van der Waals surface area (Å²) in [6, 6.07) is 16.4. The Balaban J connectivity index is 1.73. The van der Waals surface area contributed by atoms with Crippen molar-refractivity contribution < 1.29 is 4.74 Å². The van der Waals surface area contributed by atoms with Crippen molar-refractivity contribution in [3.63, 3.8) is 0 Å². The summed E-state index contributed by atoms with van der Waals surface area (Å²) in [4.78, 5) is 0. The maximum Gasteiger partial charge on any atom is 0.120 e. The maximum atomic E-state index is 5.85. The number of ether oxygens (including phenoxy) is 1. The Kier molecular flexibility index (Phi) is 3.41. The molecule has 0 unspecified atom stereocenters. The third-order valence-electron chi connectivity index (χ3n) is 3.39. The first kappa shape index (κ1) is 12.1. The molecule has 1 nitrogen and oxygen atoms in total. The van der Waals surface area contributed by atoms with E-state index in [0.717, 1.165) is 24.1 Å². The molecule has 1 aliphatic carbocycles. The Hall–Kier alpha value is -1.96. The molecular formula is C17H15BO. The zero-order valence-electron chi connectivity index (χ0n) is 10.8. The van der Waals surface area contributed by atoms with Crippen LogP contribution in [0.1, 0.15) is 23.1 Å². The minimum atomic E-state index is 0.609. The molecule has 0 N–H and O–H groups in total. The van der Waals surface area contributed by atoms with Crippen LogP contribution in [0.2, 0.25) is 0 Å². The predicted octanol–water partition coefficient (Wildman–Crippen LogP) is 3.72. The van der Waals surface area contributed by atoms with Gasteiger partial charge in [0.25, 0.3) is 0 Å². The van der Waals surface area contributed by atoms with E-state index in [0.29, 0.717) is 6.61 Å². The Morgan fingerprint density at radius 3 is 2.68 bits per heavy atom. The van der Waals surface area contributed by atoms with Gasteiger partial charge in [-0.25, -0.2) is 0 Å². The number of hydrogen-bond acceptors (Lipinski definition) is 1. The second-order valence-corrected chi connectivity index (χ2v) is 4.85. The van der Waals surface area contributed by atoms with Gasteiger partial charge in [0, 0.05) is 0 Å². The molecule has 2 radical (unpaired) electrons. The van der Waals surface area contributed by atoms with Crippen molar-refractivity contribution in [1.82, 2.24) is 0 Å². The topological polar surface area (TPSA) is 9.23 Å². The van der Waals surface area contributed by atoms with Crippen molar-refractivity contribution in [2.75, 3.05) is 0 Å². The second-order valence-electron chi connectivity index (χ2n) is 4.85. The van der Waals surface area contributed by atoms with Crippen LogP contribution in [0.25, 0.3) is 6.08 Å². The van der Waals surface area contributed by atoms with Gasteiger partial charge in [-0.3, -0.25) is 0 Å². The molecule has 2 aromatic carbocycles. The second kappa shape index (κ2) is 5.35. The molecule has 0 heterocycles. The molecule has 0 aliphatic heterocycles. The van der Waals surface area contributed by atoms with Crippen LogP contribution in [0.4, 0.5) is 0 Å². The van der Waals surface area contributed by atoms with E-state index in [2.05, 4.69) is 30.3 Å². The lowest BCUT2D eigenvalue weighted by Gasteiger charge is -2.16. The van der Waals surface area contributed by atoms with Crippen LogP contribution in [-0.4, -0.2) is 7.85 Å². The Labute approximate surface area is 115 Å². The van der Waals surface area contributed by atoms with Gasteiger partial charge in [0.1, 0.15) is 20.2 Å². The predicted molar refractivity (Wildman–Crippen MR) is 79.3 cm³/mol. The number of aryl methyl sites for hydroxylation is 1. The largest absolute Gasteiger partial charge is 0.489 e. The molecule has 0 spiro atoms. The van der Waals surface area contributed by atoms with Crippen LogP contribution in [0.5, 0.6) is 5.75 Å². The van der Waals surface area contributed by atoms with Crippen molar-refractivity contribution in [3.05, 3.63) is 70.7 Å². The number of hydrogen-bond donors (Lipinski definition) is 0.